The Labute approximate surface area is 292 Å². The molecule has 266 valence electrons. The van der Waals surface area contributed by atoms with Crippen molar-refractivity contribution in [3.05, 3.63) is 114 Å². The van der Waals surface area contributed by atoms with Gasteiger partial charge in [0.05, 0.1) is 5.52 Å². The van der Waals surface area contributed by atoms with Crippen LogP contribution in [0.5, 0.6) is 0 Å². The van der Waals surface area contributed by atoms with Gasteiger partial charge in [0, 0.05) is 36.3 Å². The van der Waals surface area contributed by atoms with Gasteiger partial charge in [0.2, 0.25) is 5.95 Å². The minimum atomic E-state index is -5.08. The SMILES string of the molecule is CC(C)(C)OC(=O)NCCNc1nc(NCc2ccc(NC(=O)c3ccc(-c4ccccc4)cc3)cc2)nc2ccccc12.O=C(O)C(F)(F)F. The molecule has 0 aliphatic rings. The highest BCUT2D eigenvalue weighted by Crippen LogP contribution is 2.23. The zero-order valence-electron chi connectivity index (χ0n) is 28.0. The number of alkyl carbamates (subject to hydrolysis) is 1. The number of aromatic nitrogens is 2. The summed E-state index contributed by atoms with van der Waals surface area (Å²) in [6.07, 6.45) is -5.54. The van der Waals surface area contributed by atoms with E-state index < -0.39 is 23.8 Å². The van der Waals surface area contributed by atoms with E-state index in [1.807, 2.05) is 124 Å². The van der Waals surface area contributed by atoms with Gasteiger partial charge in [-0.25, -0.2) is 14.6 Å². The number of nitrogens with one attached hydrogen (secondary N) is 4. The molecule has 0 atom stereocenters. The number of nitrogens with zero attached hydrogens (tertiary/aromatic N) is 2. The number of anilines is 3. The van der Waals surface area contributed by atoms with Gasteiger partial charge in [-0.15, -0.1) is 0 Å². The fraction of sp³-hybridized carbons (Fsp3) is 0.216. The zero-order valence-corrected chi connectivity index (χ0v) is 28.0. The topological polar surface area (TPSA) is 155 Å². The molecule has 5 N–H and O–H groups in total. The highest BCUT2D eigenvalue weighted by molar-refractivity contribution is 6.04. The van der Waals surface area contributed by atoms with Crippen LogP contribution in [-0.2, 0) is 16.1 Å². The molecule has 1 aromatic heterocycles. The van der Waals surface area contributed by atoms with Crippen LogP contribution in [0.4, 0.5) is 35.4 Å². The average molecular weight is 703 g/mol. The van der Waals surface area contributed by atoms with Crippen molar-refractivity contribution in [2.75, 3.05) is 29.0 Å². The lowest BCUT2D eigenvalue weighted by Gasteiger charge is -2.19. The summed E-state index contributed by atoms with van der Waals surface area (Å²) < 4.78 is 37.0. The third-order valence-corrected chi connectivity index (χ3v) is 6.85. The van der Waals surface area contributed by atoms with E-state index in [4.69, 9.17) is 14.6 Å². The first-order valence-electron chi connectivity index (χ1n) is 15.8. The molecule has 5 rings (SSSR count). The number of alkyl halides is 3. The molecule has 0 fully saturated rings. The second-order valence-electron chi connectivity index (χ2n) is 12.0. The average Bonchev–Trinajstić information content (AvgIpc) is 3.09. The van der Waals surface area contributed by atoms with E-state index in [-0.39, 0.29) is 5.91 Å². The summed E-state index contributed by atoms with van der Waals surface area (Å²) in [5.74, 6) is -1.78. The number of hydrogen-bond donors (Lipinski definition) is 5. The van der Waals surface area contributed by atoms with Gasteiger partial charge in [-0.2, -0.15) is 18.2 Å². The first-order chi connectivity index (χ1) is 24.2. The first-order valence-corrected chi connectivity index (χ1v) is 15.8. The van der Waals surface area contributed by atoms with Gasteiger partial charge in [0.15, 0.2) is 0 Å². The number of rotatable bonds is 10. The lowest BCUT2D eigenvalue weighted by atomic mass is 10.0. The fourth-order valence-corrected chi connectivity index (χ4v) is 4.49. The maximum atomic E-state index is 12.8. The Morgan fingerprint density at radius 3 is 1.98 bits per heavy atom. The molecule has 0 aliphatic carbocycles. The molecule has 2 amide bonds. The summed E-state index contributed by atoms with van der Waals surface area (Å²) in [5.41, 5.74) is 4.72. The van der Waals surface area contributed by atoms with Crippen LogP contribution >= 0.6 is 0 Å². The van der Waals surface area contributed by atoms with Crippen LogP contribution in [-0.4, -0.2) is 57.9 Å². The van der Waals surface area contributed by atoms with Crippen LogP contribution < -0.4 is 21.3 Å². The summed E-state index contributed by atoms with van der Waals surface area (Å²) >= 11 is 0. The van der Waals surface area contributed by atoms with Crippen LogP contribution in [0.15, 0.2) is 103 Å². The molecule has 0 radical (unpaired) electrons. The Balaban J connectivity index is 0.000000755. The molecular weight excluding hydrogens is 665 g/mol. The minimum Gasteiger partial charge on any atom is -0.475 e. The zero-order chi connectivity index (χ0) is 37.0. The Morgan fingerprint density at radius 1 is 0.745 bits per heavy atom. The minimum absolute atomic E-state index is 0.165. The maximum Gasteiger partial charge on any atom is 0.490 e. The molecule has 0 saturated heterocycles. The predicted octanol–water partition coefficient (Wildman–Crippen LogP) is 7.73. The molecule has 0 aliphatic heterocycles. The maximum absolute atomic E-state index is 12.8. The Morgan fingerprint density at radius 2 is 1.35 bits per heavy atom. The normalized spacial score (nSPS) is 11.1. The number of carbonyl (C=O) groups excluding carboxylic acids is 2. The summed E-state index contributed by atoms with van der Waals surface area (Å²) in [5, 5.41) is 20.3. The number of amides is 2. The quantitative estimate of drug-likeness (QED) is 0.0920. The summed E-state index contributed by atoms with van der Waals surface area (Å²) in [7, 11) is 0. The Hall–Kier alpha value is -6.18. The first kappa shape index (κ1) is 37.6. The molecule has 0 saturated carbocycles. The van der Waals surface area contributed by atoms with Gasteiger partial charge < -0.3 is 31.1 Å². The van der Waals surface area contributed by atoms with Crippen LogP contribution in [0.3, 0.4) is 0 Å². The van der Waals surface area contributed by atoms with E-state index in [0.717, 1.165) is 27.6 Å². The van der Waals surface area contributed by atoms with Gasteiger partial charge in [-0.1, -0.05) is 66.7 Å². The summed E-state index contributed by atoms with van der Waals surface area (Å²) in [6.45, 7) is 6.80. The van der Waals surface area contributed by atoms with Crippen LogP contribution in [0, 0.1) is 0 Å². The second-order valence-corrected chi connectivity index (χ2v) is 12.0. The van der Waals surface area contributed by atoms with Crippen molar-refractivity contribution in [1.82, 2.24) is 15.3 Å². The number of carboxylic acids is 1. The number of fused-ring (bicyclic) bond motifs is 1. The Bertz CT molecular complexity index is 1930. The van der Waals surface area contributed by atoms with E-state index in [0.29, 0.717) is 42.7 Å². The number of carbonyl (C=O) groups is 3. The van der Waals surface area contributed by atoms with Gasteiger partial charge in [0.1, 0.15) is 11.4 Å². The van der Waals surface area contributed by atoms with Crippen molar-refractivity contribution in [1.29, 1.82) is 0 Å². The molecule has 4 aromatic carbocycles. The predicted molar refractivity (Wildman–Crippen MR) is 190 cm³/mol. The molecule has 11 nitrogen and oxygen atoms in total. The monoisotopic (exact) mass is 702 g/mol. The Kier molecular flexibility index (Phi) is 12.5. The molecule has 0 spiro atoms. The molecule has 0 unspecified atom stereocenters. The third-order valence-electron chi connectivity index (χ3n) is 6.85. The van der Waals surface area contributed by atoms with Gasteiger partial charge >= 0.3 is 18.2 Å². The standard InChI is InChI=1S/C35H36N6O3.C2HF3O2/c1-35(2,3)44-34(43)37-22-21-36-31-29-11-7-8-12-30(29)40-33(41-31)38-23-24-13-19-28(20-14-24)39-32(42)27-17-15-26(16-18-27)25-9-5-4-6-10-25;3-2(4,5)1(6)7/h4-20H,21-23H2,1-3H3,(H,37,43)(H,39,42)(H2,36,38,40,41);(H,6,7). The number of ether oxygens (including phenoxy) is 1. The van der Waals surface area contributed by atoms with Crippen molar-refractivity contribution >= 4 is 46.3 Å². The van der Waals surface area contributed by atoms with Crippen molar-refractivity contribution < 1.29 is 37.4 Å². The third kappa shape index (κ3) is 12.0. The number of hydrogen-bond acceptors (Lipinski definition) is 8. The molecule has 0 bridgehead atoms. The van der Waals surface area contributed by atoms with E-state index in [1.165, 1.54) is 0 Å². The van der Waals surface area contributed by atoms with Gasteiger partial charge in [-0.05, 0) is 73.9 Å². The summed E-state index contributed by atoms with van der Waals surface area (Å²) in [6, 6.07) is 33.0. The molecule has 5 aromatic rings. The van der Waals surface area contributed by atoms with Crippen molar-refractivity contribution in [3.8, 4) is 11.1 Å². The van der Waals surface area contributed by atoms with E-state index in [9.17, 15) is 22.8 Å². The largest absolute Gasteiger partial charge is 0.490 e. The number of aliphatic carboxylic acids is 1. The van der Waals surface area contributed by atoms with Gasteiger partial charge in [0.25, 0.3) is 5.91 Å². The number of carboxylic acid groups (broad SMARTS) is 1. The highest BCUT2D eigenvalue weighted by Gasteiger charge is 2.38. The van der Waals surface area contributed by atoms with Crippen molar-refractivity contribution in [2.24, 2.45) is 0 Å². The summed E-state index contributed by atoms with van der Waals surface area (Å²) in [4.78, 5) is 43.0. The van der Waals surface area contributed by atoms with E-state index in [1.54, 1.807) is 0 Å². The van der Waals surface area contributed by atoms with Crippen LogP contribution in [0.2, 0.25) is 0 Å². The smallest absolute Gasteiger partial charge is 0.475 e. The number of benzene rings is 4. The number of para-hydroxylation sites is 1. The molecule has 14 heteroatoms. The lowest BCUT2D eigenvalue weighted by Crippen LogP contribution is -2.35. The van der Waals surface area contributed by atoms with Crippen molar-refractivity contribution in [3.63, 3.8) is 0 Å². The second kappa shape index (κ2) is 17.0. The van der Waals surface area contributed by atoms with Crippen LogP contribution in [0.25, 0.3) is 22.0 Å². The molecule has 1 heterocycles. The molecular formula is C37H37F3N6O5. The van der Waals surface area contributed by atoms with E-state index >= 15 is 0 Å². The number of halogens is 3. The fourth-order valence-electron chi connectivity index (χ4n) is 4.49. The lowest BCUT2D eigenvalue weighted by molar-refractivity contribution is -0.192. The van der Waals surface area contributed by atoms with Crippen molar-refractivity contribution in [2.45, 2.75) is 39.1 Å². The van der Waals surface area contributed by atoms with Gasteiger partial charge in [-0.3, -0.25) is 4.79 Å². The van der Waals surface area contributed by atoms with Crippen LogP contribution in [0.1, 0.15) is 36.7 Å². The van der Waals surface area contributed by atoms with E-state index in [2.05, 4.69) is 31.2 Å². The molecule has 51 heavy (non-hydrogen) atoms. The highest BCUT2D eigenvalue weighted by atomic mass is 19.4.